The van der Waals surface area contributed by atoms with Gasteiger partial charge in [0, 0.05) is 30.1 Å². The molecule has 5 heteroatoms. The lowest BCUT2D eigenvalue weighted by Crippen LogP contribution is -2.43. The predicted octanol–water partition coefficient (Wildman–Crippen LogP) is 3.52. The summed E-state index contributed by atoms with van der Waals surface area (Å²) in [5.74, 6) is -0.0310. The molecule has 0 unspecified atom stereocenters. The molecule has 1 aliphatic rings. The van der Waals surface area contributed by atoms with Crippen LogP contribution in [-0.4, -0.2) is 49.9 Å². The molecule has 1 atom stereocenters. The molecule has 0 saturated carbocycles. The Morgan fingerprint density at radius 1 is 1.12 bits per heavy atom. The van der Waals surface area contributed by atoms with Crippen LogP contribution in [0.4, 0.5) is 0 Å². The van der Waals surface area contributed by atoms with Gasteiger partial charge >= 0.3 is 0 Å². The van der Waals surface area contributed by atoms with Gasteiger partial charge < -0.3 is 10.1 Å². The first-order valence-electron chi connectivity index (χ1n) is 8.97. The van der Waals surface area contributed by atoms with Crippen molar-refractivity contribution in [3.63, 3.8) is 0 Å². The molecular weight excluding hydrogens is 344 g/mol. The molecule has 1 amide bonds. The van der Waals surface area contributed by atoms with Gasteiger partial charge in [0.05, 0.1) is 19.3 Å². The van der Waals surface area contributed by atoms with E-state index in [-0.39, 0.29) is 11.9 Å². The summed E-state index contributed by atoms with van der Waals surface area (Å²) in [6.07, 6.45) is 2.03. The van der Waals surface area contributed by atoms with Crippen LogP contribution in [0.2, 0.25) is 0 Å². The fraction of sp³-hybridized carbons (Fsp3) is 0.381. The Balaban J connectivity index is 1.74. The predicted molar refractivity (Wildman–Crippen MR) is 107 cm³/mol. The van der Waals surface area contributed by atoms with Crippen molar-refractivity contribution in [1.29, 1.82) is 0 Å². The lowest BCUT2D eigenvalue weighted by molar-refractivity contribution is 0.0332. The summed E-state index contributed by atoms with van der Waals surface area (Å²) in [7, 11) is 0. The number of benzene rings is 2. The summed E-state index contributed by atoms with van der Waals surface area (Å²) < 4.78 is 5.44. The lowest BCUT2D eigenvalue weighted by atomic mass is 10.0. The molecule has 0 aliphatic carbocycles. The molecule has 1 heterocycles. The van der Waals surface area contributed by atoms with E-state index in [0.717, 1.165) is 43.3 Å². The maximum Gasteiger partial charge on any atom is 0.251 e. The van der Waals surface area contributed by atoms with Gasteiger partial charge in [-0.2, -0.15) is 0 Å². The number of hydrogen-bond acceptors (Lipinski definition) is 4. The maximum atomic E-state index is 12.8. The molecular formula is C21H26N2O2S. The minimum atomic E-state index is -0.0403. The monoisotopic (exact) mass is 370 g/mol. The number of thioether (sulfide) groups is 1. The SMILES string of the molecule is CSc1ccc(C(=O)N[C@@H](CN2CCOCC2)c2ccc(C)cc2)cc1. The second-order valence-corrected chi connectivity index (χ2v) is 7.46. The molecule has 4 nitrogen and oxygen atoms in total. The number of carbonyl (C=O) groups is 1. The second-order valence-electron chi connectivity index (χ2n) is 6.58. The van der Waals surface area contributed by atoms with Gasteiger partial charge in [0.2, 0.25) is 0 Å². The van der Waals surface area contributed by atoms with E-state index in [1.165, 1.54) is 5.56 Å². The molecule has 2 aromatic rings. The Labute approximate surface area is 159 Å². The minimum Gasteiger partial charge on any atom is -0.379 e. The molecule has 1 aliphatic heterocycles. The number of nitrogens with one attached hydrogen (secondary N) is 1. The zero-order valence-electron chi connectivity index (χ0n) is 15.4. The lowest BCUT2D eigenvalue weighted by Gasteiger charge is -2.31. The van der Waals surface area contributed by atoms with Crippen LogP contribution >= 0.6 is 11.8 Å². The van der Waals surface area contributed by atoms with Gasteiger partial charge in [0.15, 0.2) is 0 Å². The summed E-state index contributed by atoms with van der Waals surface area (Å²) in [5.41, 5.74) is 3.05. The van der Waals surface area contributed by atoms with Crippen molar-refractivity contribution < 1.29 is 9.53 Å². The molecule has 2 aromatic carbocycles. The Hall–Kier alpha value is -1.82. The number of amides is 1. The van der Waals surface area contributed by atoms with Gasteiger partial charge in [0.1, 0.15) is 0 Å². The Bertz CT molecular complexity index is 710. The molecule has 138 valence electrons. The molecule has 0 radical (unpaired) electrons. The first-order valence-corrected chi connectivity index (χ1v) is 10.2. The van der Waals surface area contributed by atoms with Gasteiger partial charge in [0.25, 0.3) is 5.91 Å². The topological polar surface area (TPSA) is 41.6 Å². The zero-order chi connectivity index (χ0) is 18.4. The molecule has 0 aromatic heterocycles. The van der Waals surface area contributed by atoms with E-state index >= 15 is 0 Å². The average Bonchev–Trinajstić information content (AvgIpc) is 2.69. The summed E-state index contributed by atoms with van der Waals surface area (Å²) >= 11 is 1.67. The third-order valence-corrected chi connectivity index (χ3v) is 5.43. The van der Waals surface area contributed by atoms with E-state index in [0.29, 0.717) is 5.56 Å². The van der Waals surface area contributed by atoms with Gasteiger partial charge in [-0.25, -0.2) is 0 Å². The number of carbonyl (C=O) groups excluding carboxylic acids is 1. The van der Waals surface area contributed by atoms with Gasteiger partial charge in [-0.1, -0.05) is 29.8 Å². The van der Waals surface area contributed by atoms with E-state index in [9.17, 15) is 4.79 Å². The van der Waals surface area contributed by atoms with Crippen molar-refractivity contribution >= 4 is 17.7 Å². The molecule has 1 N–H and O–H groups in total. The zero-order valence-corrected chi connectivity index (χ0v) is 16.2. The third kappa shape index (κ3) is 5.10. The highest BCUT2D eigenvalue weighted by Crippen LogP contribution is 2.19. The fourth-order valence-corrected chi connectivity index (χ4v) is 3.47. The number of aryl methyl sites for hydroxylation is 1. The molecule has 1 fully saturated rings. The largest absolute Gasteiger partial charge is 0.379 e. The average molecular weight is 371 g/mol. The van der Waals surface area contributed by atoms with Crippen LogP contribution in [0.5, 0.6) is 0 Å². The van der Waals surface area contributed by atoms with Gasteiger partial charge in [-0.15, -0.1) is 11.8 Å². The van der Waals surface area contributed by atoms with E-state index in [1.807, 2.05) is 30.5 Å². The van der Waals surface area contributed by atoms with Crippen LogP contribution < -0.4 is 5.32 Å². The van der Waals surface area contributed by atoms with E-state index < -0.39 is 0 Å². The molecule has 0 bridgehead atoms. The number of morpholine rings is 1. The normalized spacial score (nSPS) is 16.2. The first-order chi connectivity index (χ1) is 12.7. The fourth-order valence-electron chi connectivity index (χ4n) is 3.06. The van der Waals surface area contributed by atoms with E-state index in [2.05, 4.69) is 41.4 Å². The number of rotatable bonds is 6. The summed E-state index contributed by atoms with van der Waals surface area (Å²) in [6.45, 7) is 6.18. The molecule has 3 rings (SSSR count). The van der Waals surface area contributed by atoms with Crippen LogP contribution in [0.25, 0.3) is 0 Å². The van der Waals surface area contributed by atoms with Crippen LogP contribution in [0.1, 0.15) is 27.5 Å². The van der Waals surface area contributed by atoms with Gasteiger partial charge in [-0.05, 0) is 43.0 Å². The third-order valence-electron chi connectivity index (χ3n) is 4.68. The number of hydrogen-bond donors (Lipinski definition) is 1. The highest BCUT2D eigenvalue weighted by atomic mass is 32.2. The van der Waals surface area contributed by atoms with Crippen molar-refractivity contribution in [1.82, 2.24) is 10.2 Å². The van der Waals surface area contributed by atoms with Crippen molar-refractivity contribution in [2.45, 2.75) is 17.9 Å². The highest BCUT2D eigenvalue weighted by Gasteiger charge is 2.20. The Morgan fingerprint density at radius 3 is 2.38 bits per heavy atom. The molecule has 1 saturated heterocycles. The van der Waals surface area contributed by atoms with E-state index in [1.54, 1.807) is 11.8 Å². The summed E-state index contributed by atoms with van der Waals surface area (Å²) in [5, 5.41) is 3.23. The van der Waals surface area contributed by atoms with Crippen molar-refractivity contribution in [3.05, 3.63) is 65.2 Å². The second kappa shape index (κ2) is 9.21. The van der Waals surface area contributed by atoms with Crippen LogP contribution in [0.15, 0.2) is 53.4 Å². The Kier molecular flexibility index (Phi) is 6.72. The van der Waals surface area contributed by atoms with E-state index in [4.69, 9.17) is 4.74 Å². The highest BCUT2D eigenvalue weighted by molar-refractivity contribution is 7.98. The van der Waals surface area contributed by atoms with Gasteiger partial charge in [-0.3, -0.25) is 9.69 Å². The quantitative estimate of drug-likeness (QED) is 0.790. The smallest absolute Gasteiger partial charge is 0.251 e. The number of ether oxygens (including phenoxy) is 1. The van der Waals surface area contributed by atoms with Crippen LogP contribution in [0.3, 0.4) is 0 Å². The Morgan fingerprint density at radius 2 is 1.77 bits per heavy atom. The van der Waals surface area contributed by atoms with Crippen LogP contribution in [0, 0.1) is 6.92 Å². The summed E-state index contributed by atoms with van der Waals surface area (Å²) in [6, 6.07) is 16.1. The van der Waals surface area contributed by atoms with Crippen molar-refractivity contribution in [2.75, 3.05) is 39.1 Å². The standard InChI is InChI=1S/C21H26N2O2S/c1-16-3-5-17(6-4-16)20(15-23-11-13-25-14-12-23)22-21(24)18-7-9-19(26-2)10-8-18/h3-10,20H,11-15H2,1-2H3,(H,22,24)/t20-/m0/s1. The van der Waals surface area contributed by atoms with Crippen molar-refractivity contribution in [3.8, 4) is 0 Å². The number of nitrogens with zero attached hydrogens (tertiary/aromatic N) is 1. The molecule has 26 heavy (non-hydrogen) atoms. The maximum absolute atomic E-state index is 12.8. The summed E-state index contributed by atoms with van der Waals surface area (Å²) in [4.78, 5) is 16.3. The molecule has 0 spiro atoms. The van der Waals surface area contributed by atoms with Crippen LogP contribution in [-0.2, 0) is 4.74 Å². The van der Waals surface area contributed by atoms with Crippen molar-refractivity contribution in [2.24, 2.45) is 0 Å². The first kappa shape index (κ1) is 19.0. The minimum absolute atomic E-state index is 0.0310.